The molecule has 8 heteroatoms. The maximum absolute atomic E-state index is 14.2. The number of hydrogen-bond acceptors (Lipinski definition) is 5. The molecule has 2 saturated heterocycles. The van der Waals surface area contributed by atoms with Gasteiger partial charge in [0.05, 0.1) is 0 Å². The van der Waals surface area contributed by atoms with Crippen LogP contribution in [-0.2, 0) is 4.74 Å². The molecule has 0 aliphatic carbocycles. The second-order valence-electron chi connectivity index (χ2n) is 9.03. The molecule has 2 fully saturated rings. The Morgan fingerprint density at radius 2 is 1.62 bits per heavy atom. The Balaban J connectivity index is 1.45. The first kappa shape index (κ1) is 21.6. The Kier molecular flexibility index (Phi) is 6.51. The lowest BCUT2D eigenvalue weighted by atomic mass is 9.96. The fourth-order valence-electron chi connectivity index (χ4n) is 4.03. The highest BCUT2D eigenvalue weighted by molar-refractivity contribution is 5.68. The van der Waals surface area contributed by atoms with Crippen LogP contribution in [0.1, 0.15) is 33.6 Å². The summed E-state index contributed by atoms with van der Waals surface area (Å²) in [5.74, 6) is -0.693. The number of hydrogen-bond donors (Lipinski definition) is 1. The lowest BCUT2D eigenvalue weighted by Crippen LogP contribution is -2.49. The van der Waals surface area contributed by atoms with E-state index in [4.69, 9.17) is 10.5 Å². The Bertz CT molecular complexity index is 699. The van der Waals surface area contributed by atoms with Crippen LogP contribution in [0.5, 0.6) is 0 Å². The van der Waals surface area contributed by atoms with Crippen molar-refractivity contribution in [3.63, 3.8) is 0 Å². The number of nitrogen functional groups attached to an aromatic ring is 1. The second-order valence-corrected chi connectivity index (χ2v) is 9.03. The summed E-state index contributed by atoms with van der Waals surface area (Å²) in [6.07, 6.45) is 1.65. The van der Waals surface area contributed by atoms with Crippen molar-refractivity contribution >= 4 is 17.5 Å². The molecule has 2 N–H and O–H groups in total. The lowest BCUT2D eigenvalue weighted by molar-refractivity contribution is 0.0169. The molecule has 3 rings (SSSR count). The van der Waals surface area contributed by atoms with Crippen LogP contribution in [0, 0.1) is 17.6 Å². The number of halogens is 2. The van der Waals surface area contributed by atoms with E-state index in [9.17, 15) is 13.6 Å². The van der Waals surface area contributed by atoms with Gasteiger partial charge in [-0.15, -0.1) is 0 Å². The number of nitrogens with zero attached hydrogens (tertiary/aromatic N) is 3. The average Bonchev–Trinajstić information content (AvgIpc) is 2.61. The number of nitrogens with two attached hydrogens (primary N) is 1. The molecule has 0 aromatic heterocycles. The molecule has 0 radical (unpaired) electrons. The van der Waals surface area contributed by atoms with Gasteiger partial charge in [-0.2, -0.15) is 0 Å². The zero-order chi connectivity index (χ0) is 21.2. The maximum Gasteiger partial charge on any atom is 0.410 e. The Morgan fingerprint density at radius 1 is 1.07 bits per heavy atom. The van der Waals surface area contributed by atoms with Crippen molar-refractivity contribution in [2.45, 2.75) is 39.2 Å². The third-order valence-corrected chi connectivity index (χ3v) is 5.51. The van der Waals surface area contributed by atoms with Gasteiger partial charge in [0.1, 0.15) is 11.3 Å². The van der Waals surface area contributed by atoms with Crippen molar-refractivity contribution in [3.05, 3.63) is 23.8 Å². The van der Waals surface area contributed by atoms with E-state index in [1.54, 1.807) is 9.80 Å². The largest absolute Gasteiger partial charge is 0.444 e. The molecule has 2 aliphatic rings. The standard InChI is InChI=1S/C21H32F2N4O2/c1-21(2,3)29-20(28)27-6-4-15(5-7-27)14-25-8-10-26(11-9-25)19-17(22)12-16(24)13-18(19)23/h12-13,15H,4-11,14,24H2,1-3H3. The highest BCUT2D eigenvalue weighted by Gasteiger charge is 2.29. The molecular weight excluding hydrogens is 378 g/mol. The molecule has 2 heterocycles. The van der Waals surface area contributed by atoms with Gasteiger partial charge in [-0.1, -0.05) is 0 Å². The van der Waals surface area contributed by atoms with Crippen molar-refractivity contribution in [1.29, 1.82) is 0 Å². The summed E-state index contributed by atoms with van der Waals surface area (Å²) in [5, 5.41) is 0. The van der Waals surface area contributed by atoms with Crippen LogP contribution in [0.25, 0.3) is 0 Å². The predicted octanol–water partition coefficient (Wildman–Crippen LogP) is 3.32. The van der Waals surface area contributed by atoms with Crippen LogP contribution >= 0.6 is 0 Å². The van der Waals surface area contributed by atoms with E-state index in [-0.39, 0.29) is 17.5 Å². The van der Waals surface area contributed by atoms with Crippen molar-refractivity contribution in [2.24, 2.45) is 5.92 Å². The fraction of sp³-hybridized carbons (Fsp3) is 0.667. The molecule has 1 amide bonds. The summed E-state index contributed by atoms with van der Waals surface area (Å²) in [5.41, 5.74) is 5.14. The number of anilines is 2. The topological polar surface area (TPSA) is 62.0 Å². The van der Waals surface area contributed by atoms with Crippen LogP contribution in [0.15, 0.2) is 12.1 Å². The van der Waals surface area contributed by atoms with Crippen molar-refractivity contribution in [2.75, 3.05) is 56.4 Å². The van der Waals surface area contributed by atoms with Gasteiger partial charge < -0.3 is 20.3 Å². The summed E-state index contributed by atoms with van der Waals surface area (Å²) in [4.78, 5) is 18.1. The summed E-state index contributed by atoms with van der Waals surface area (Å²) in [6.45, 7) is 10.7. The summed E-state index contributed by atoms with van der Waals surface area (Å²) in [7, 11) is 0. The third-order valence-electron chi connectivity index (χ3n) is 5.51. The Labute approximate surface area is 171 Å². The molecule has 1 aromatic carbocycles. The van der Waals surface area contributed by atoms with E-state index < -0.39 is 17.2 Å². The number of rotatable bonds is 3. The highest BCUT2D eigenvalue weighted by atomic mass is 19.1. The quantitative estimate of drug-likeness (QED) is 0.775. The van der Waals surface area contributed by atoms with Crippen LogP contribution in [0.3, 0.4) is 0 Å². The van der Waals surface area contributed by atoms with Gasteiger partial charge in [-0.05, 0) is 51.7 Å². The zero-order valence-electron chi connectivity index (χ0n) is 17.6. The minimum absolute atomic E-state index is 0.0181. The molecule has 2 aliphatic heterocycles. The SMILES string of the molecule is CC(C)(C)OC(=O)N1CCC(CN2CCN(c3c(F)cc(N)cc3F)CC2)CC1. The van der Waals surface area contributed by atoms with Crippen LogP contribution < -0.4 is 10.6 Å². The van der Waals surface area contributed by atoms with E-state index in [1.165, 1.54) is 12.1 Å². The molecule has 162 valence electrons. The number of carbonyl (C=O) groups is 1. The van der Waals surface area contributed by atoms with Crippen molar-refractivity contribution < 1.29 is 18.3 Å². The van der Waals surface area contributed by atoms with Gasteiger partial charge >= 0.3 is 6.09 Å². The molecule has 0 unspecified atom stereocenters. The molecule has 6 nitrogen and oxygen atoms in total. The number of benzene rings is 1. The number of piperazine rings is 1. The highest BCUT2D eigenvalue weighted by Crippen LogP contribution is 2.27. The van der Waals surface area contributed by atoms with Crippen LogP contribution in [-0.4, -0.2) is 67.3 Å². The minimum Gasteiger partial charge on any atom is -0.444 e. The van der Waals surface area contributed by atoms with Gasteiger partial charge in [0.2, 0.25) is 0 Å². The number of piperidine rings is 1. The predicted molar refractivity (Wildman–Crippen MR) is 110 cm³/mol. The maximum atomic E-state index is 14.2. The zero-order valence-corrected chi connectivity index (χ0v) is 17.6. The van der Waals surface area contributed by atoms with Crippen molar-refractivity contribution in [1.82, 2.24) is 9.80 Å². The van der Waals surface area contributed by atoms with Gasteiger partial charge in [0.25, 0.3) is 0 Å². The van der Waals surface area contributed by atoms with E-state index in [0.717, 1.165) is 32.5 Å². The van der Waals surface area contributed by atoms with Gasteiger partial charge in [0.15, 0.2) is 11.6 Å². The molecule has 0 atom stereocenters. The van der Waals surface area contributed by atoms with E-state index >= 15 is 0 Å². The molecule has 1 aromatic rings. The van der Waals surface area contributed by atoms with E-state index in [0.29, 0.717) is 32.1 Å². The number of ether oxygens (including phenoxy) is 1. The van der Waals surface area contributed by atoms with E-state index in [1.807, 2.05) is 20.8 Å². The lowest BCUT2D eigenvalue weighted by Gasteiger charge is -2.39. The second kappa shape index (κ2) is 8.73. The number of likely N-dealkylation sites (tertiary alicyclic amines) is 1. The monoisotopic (exact) mass is 410 g/mol. The summed E-state index contributed by atoms with van der Waals surface area (Å²) in [6, 6.07) is 2.34. The Morgan fingerprint density at radius 3 is 2.14 bits per heavy atom. The summed E-state index contributed by atoms with van der Waals surface area (Å²) >= 11 is 0. The van der Waals surface area contributed by atoms with Crippen molar-refractivity contribution in [3.8, 4) is 0 Å². The summed E-state index contributed by atoms with van der Waals surface area (Å²) < 4.78 is 33.8. The Hall–Kier alpha value is -2.09. The van der Waals surface area contributed by atoms with Crippen LogP contribution in [0.4, 0.5) is 25.0 Å². The minimum atomic E-state index is -0.606. The van der Waals surface area contributed by atoms with Gasteiger partial charge in [-0.3, -0.25) is 4.90 Å². The number of carbonyl (C=O) groups excluding carboxylic acids is 1. The smallest absolute Gasteiger partial charge is 0.410 e. The average molecular weight is 411 g/mol. The van der Waals surface area contributed by atoms with E-state index in [2.05, 4.69) is 4.90 Å². The third kappa shape index (κ3) is 5.72. The molecular formula is C21H32F2N4O2. The first-order chi connectivity index (χ1) is 13.6. The molecule has 29 heavy (non-hydrogen) atoms. The molecule has 0 saturated carbocycles. The number of amides is 1. The van der Waals surface area contributed by atoms with Gasteiger partial charge in [-0.25, -0.2) is 13.6 Å². The normalized spacial score (nSPS) is 19.5. The van der Waals surface area contributed by atoms with Crippen LogP contribution in [0.2, 0.25) is 0 Å². The first-order valence-electron chi connectivity index (χ1n) is 10.3. The molecule has 0 bridgehead atoms. The molecule has 0 spiro atoms. The fourth-order valence-corrected chi connectivity index (χ4v) is 4.03. The van der Waals surface area contributed by atoms with Gasteiger partial charge in [0, 0.05) is 51.5 Å². The first-order valence-corrected chi connectivity index (χ1v) is 10.3.